The van der Waals surface area contributed by atoms with Crippen LogP contribution < -0.4 is 0 Å². The van der Waals surface area contributed by atoms with Gasteiger partial charge in [-0.3, -0.25) is 9.69 Å². The van der Waals surface area contributed by atoms with E-state index in [-0.39, 0.29) is 5.92 Å². The van der Waals surface area contributed by atoms with Crippen LogP contribution in [0.3, 0.4) is 0 Å². The van der Waals surface area contributed by atoms with Crippen molar-refractivity contribution in [3.63, 3.8) is 0 Å². The van der Waals surface area contributed by atoms with E-state index in [4.69, 9.17) is 16.7 Å². The first kappa shape index (κ1) is 16.0. The third-order valence-electron chi connectivity index (χ3n) is 3.44. The zero-order chi connectivity index (χ0) is 14.4. The molecule has 106 valence electrons. The highest BCUT2D eigenvalue weighted by atomic mass is 35.5. The summed E-state index contributed by atoms with van der Waals surface area (Å²) in [6.45, 7) is 7.31. The van der Waals surface area contributed by atoms with Gasteiger partial charge in [-0.25, -0.2) is 0 Å². The second kappa shape index (κ2) is 7.51. The Labute approximate surface area is 120 Å². The molecule has 0 spiro atoms. The van der Waals surface area contributed by atoms with Crippen LogP contribution in [0.4, 0.5) is 0 Å². The van der Waals surface area contributed by atoms with Crippen LogP contribution in [0.1, 0.15) is 32.8 Å². The van der Waals surface area contributed by atoms with Gasteiger partial charge in [-0.15, -0.1) is 0 Å². The van der Waals surface area contributed by atoms with Crippen molar-refractivity contribution >= 4 is 17.6 Å². The first-order valence-electron chi connectivity index (χ1n) is 6.65. The Morgan fingerprint density at radius 1 is 1.32 bits per heavy atom. The molecule has 0 amide bonds. The molecule has 0 aliphatic rings. The van der Waals surface area contributed by atoms with Gasteiger partial charge in [0.2, 0.25) is 0 Å². The Balaban J connectivity index is 2.74. The molecule has 0 heterocycles. The zero-order valence-electron chi connectivity index (χ0n) is 11.8. The van der Waals surface area contributed by atoms with Crippen molar-refractivity contribution in [3.05, 3.63) is 34.9 Å². The Morgan fingerprint density at radius 2 is 1.89 bits per heavy atom. The van der Waals surface area contributed by atoms with Gasteiger partial charge in [-0.2, -0.15) is 0 Å². The number of carbonyl (C=O) groups is 1. The van der Waals surface area contributed by atoms with Gasteiger partial charge in [0.05, 0.1) is 5.92 Å². The molecule has 0 radical (unpaired) electrons. The van der Waals surface area contributed by atoms with Gasteiger partial charge in [-0.05, 0) is 31.0 Å². The Kier molecular flexibility index (Phi) is 6.32. The van der Waals surface area contributed by atoms with Gasteiger partial charge in [0.25, 0.3) is 0 Å². The molecule has 0 aliphatic carbocycles. The lowest BCUT2D eigenvalue weighted by Gasteiger charge is -2.30. The number of halogens is 1. The molecule has 0 saturated carbocycles. The van der Waals surface area contributed by atoms with E-state index >= 15 is 0 Å². The average Bonchev–Trinajstić information content (AvgIpc) is 2.39. The minimum Gasteiger partial charge on any atom is -0.481 e. The number of nitrogens with zero attached hydrogens (tertiary/aromatic N) is 1. The third-order valence-corrected chi connectivity index (χ3v) is 3.70. The van der Waals surface area contributed by atoms with Crippen molar-refractivity contribution in [2.24, 2.45) is 5.92 Å². The van der Waals surface area contributed by atoms with Crippen molar-refractivity contribution in [1.82, 2.24) is 4.90 Å². The Hall–Kier alpha value is -1.06. The number of benzene rings is 1. The third kappa shape index (κ3) is 5.21. The standard InChI is InChI=1S/C15H22ClNO2/c1-4-12(3)17(9-11(2)15(18)19)10-13-5-7-14(16)8-6-13/h5-8,11-12H,4,9-10H2,1-3H3,(H,18,19). The fourth-order valence-corrected chi connectivity index (χ4v) is 2.04. The van der Waals surface area contributed by atoms with Crippen molar-refractivity contribution < 1.29 is 9.90 Å². The molecule has 0 aliphatic heterocycles. The van der Waals surface area contributed by atoms with Crippen LogP contribution in [0.15, 0.2) is 24.3 Å². The van der Waals surface area contributed by atoms with Crippen LogP contribution in [0.25, 0.3) is 0 Å². The summed E-state index contributed by atoms with van der Waals surface area (Å²) in [5.74, 6) is -1.11. The minimum atomic E-state index is -0.746. The maximum absolute atomic E-state index is 11.0. The van der Waals surface area contributed by atoms with Crippen LogP contribution in [-0.4, -0.2) is 28.6 Å². The zero-order valence-corrected chi connectivity index (χ0v) is 12.5. The molecule has 1 N–H and O–H groups in total. The van der Waals surface area contributed by atoms with Gasteiger partial charge >= 0.3 is 5.97 Å². The highest BCUT2D eigenvalue weighted by Crippen LogP contribution is 2.15. The van der Waals surface area contributed by atoms with E-state index in [1.165, 1.54) is 0 Å². The van der Waals surface area contributed by atoms with Crippen LogP contribution >= 0.6 is 11.6 Å². The molecule has 0 saturated heterocycles. The van der Waals surface area contributed by atoms with Crippen molar-refractivity contribution in [2.45, 2.75) is 39.8 Å². The monoisotopic (exact) mass is 283 g/mol. The molecule has 19 heavy (non-hydrogen) atoms. The topological polar surface area (TPSA) is 40.5 Å². The van der Waals surface area contributed by atoms with E-state index in [0.717, 1.165) is 23.6 Å². The van der Waals surface area contributed by atoms with Gasteiger partial charge in [0.1, 0.15) is 0 Å². The fraction of sp³-hybridized carbons (Fsp3) is 0.533. The summed E-state index contributed by atoms with van der Waals surface area (Å²) in [5, 5.41) is 9.76. The molecule has 0 bridgehead atoms. The molecule has 1 aromatic carbocycles. The van der Waals surface area contributed by atoms with Crippen LogP contribution in [0.5, 0.6) is 0 Å². The molecule has 2 atom stereocenters. The lowest BCUT2D eigenvalue weighted by atomic mass is 10.1. The smallest absolute Gasteiger partial charge is 0.307 e. The first-order valence-corrected chi connectivity index (χ1v) is 7.03. The predicted octanol–water partition coefficient (Wildman–Crippen LogP) is 3.66. The predicted molar refractivity (Wildman–Crippen MR) is 78.4 cm³/mol. The van der Waals surface area contributed by atoms with Crippen molar-refractivity contribution in [3.8, 4) is 0 Å². The number of hydrogen-bond acceptors (Lipinski definition) is 2. The molecular weight excluding hydrogens is 262 g/mol. The fourth-order valence-electron chi connectivity index (χ4n) is 1.91. The minimum absolute atomic E-state index is 0.359. The summed E-state index contributed by atoms with van der Waals surface area (Å²) < 4.78 is 0. The van der Waals surface area contributed by atoms with Gasteiger partial charge in [0, 0.05) is 24.2 Å². The van der Waals surface area contributed by atoms with E-state index in [0.29, 0.717) is 12.6 Å². The highest BCUT2D eigenvalue weighted by Gasteiger charge is 2.19. The molecule has 0 fully saturated rings. The van der Waals surface area contributed by atoms with Crippen molar-refractivity contribution in [1.29, 1.82) is 0 Å². The van der Waals surface area contributed by atoms with Gasteiger partial charge in [-0.1, -0.05) is 37.6 Å². The summed E-state index contributed by atoms with van der Waals surface area (Å²) in [6, 6.07) is 8.07. The maximum Gasteiger partial charge on any atom is 0.307 e. The Bertz CT molecular complexity index is 405. The highest BCUT2D eigenvalue weighted by molar-refractivity contribution is 6.30. The summed E-state index contributed by atoms with van der Waals surface area (Å²) in [5.41, 5.74) is 1.15. The largest absolute Gasteiger partial charge is 0.481 e. The molecule has 3 nitrogen and oxygen atoms in total. The number of carboxylic acids is 1. The van der Waals surface area contributed by atoms with Crippen LogP contribution in [0, 0.1) is 5.92 Å². The normalized spacial score (nSPS) is 14.4. The number of aliphatic carboxylic acids is 1. The lowest BCUT2D eigenvalue weighted by Crippen LogP contribution is -2.37. The maximum atomic E-state index is 11.0. The van der Waals surface area contributed by atoms with Crippen molar-refractivity contribution in [2.75, 3.05) is 6.54 Å². The molecule has 1 aromatic rings. The van der Waals surface area contributed by atoms with Crippen LogP contribution in [-0.2, 0) is 11.3 Å². The van der Waals surface area contributed by atoms with E-state index < -0.39 is 5.97 Å². The summed E-state index contributed by atoms with van der Waals surface area (Å²) >= 11 is 5.87. The van der Waals surface area contributed by atoms with E-state index in [9.17, 15) is 4.79 Å². The van der Waals surface area contributed by atoms with Gasteiger partial charge < -0.3 is 5.11 Å². The molecule has 2 unspecified atom stereocenters. The first-order chi connectivity index (χ1) is 8.93. The average molecular weight is 284 g/mol. The number of rotatable bonds is 7. The van der Waals surface area contributed by atoms with E-state index in [1.54, 1.807) is 6.92 Å². The number of carboxylic acid groups (broad SMARTS) is 1. The SMILES string of the molecule is CCC(C)N(Cc1ccc(Cl)cc1)CC(C)C(=O)O. The van der Waals surface area contributed by atoms with Gasteiger partial charge in [0.15, 0.2) is 0 Å². The Morgan fingerprint density at radius 3 is 2.37 bits per heavy atom. The molecular formula is C15H22ClNO2. The van der Waals surface area contributed by atoms with Crippen LogP contribution in [0.2, 0.25) is 5.02 Å². The van der Waals surface area contributed by atoms with E-state index in [1.807, 2.05) is 24.3 Å². The summed E-state index contributed by atoms with van der Waals surface area (Å²) in [4.78, 5) is 13.2. The summed E-state index contributed by atoms with van der Waals surface area (Å²) in [6.07, 6.45) is 1.000. The second-order valence-electron chi connectivity index (χ2n) is 5.05. The quantitative estimate of drug-likeness (QED) is 0.830. The second-order valence-corrected chi connectivity index (χ2v) is 5.49. The lowest BCUT2D eigenvalue weighted by molar-refractivity contribution is -0.142. The molecule has 4 heteroatoms. The number of hydrogen-bond donors (Lipinski definition) is 1. The summed E-state index contributed by atoms with van der Waals surface area (Å²) in [7, 11) is 0. The molecule has 1 rings (SSSR count). The molecule has 0 aromatic heterocycles. The van der Waals surface area contributed by atoms with E-state index in [2.05, 4.69) is 18.7 Å².